The van der Waals surface area contributed by atoms with Crippen LogP contribution in [0.1, 0.15) is 24.6 Å². The summed E-state index contributed by atoms with van der Waals surface area (Å²) in [6.07, 6.45) is 4.16. The lowest BCUT2D eigenvalue weighted by atomic mass is 10.1. The van der Waals surface area contributed by atoms with Crippen LogP contribution in [0.3, 0.4) is 0 Å². The van der Waals surface area contributed by atoms with E-state index in [1.165, 1.54) is 10.6 Å². The summed E-state index contributed by atoms with van der Waals surface area (Å²) in [4.78, 5) is 5.72. The summed E-state index contributed by atoms with van der Waals surface area (Å²) < 4.78 is 2.26. The molecule has 3 rings (SSSR count). The largest absolute Gasteiger partial charge is 0.326 e. The summed E-state index contributed by atoms with van der Waals surface area (Å²) >= 11 is 1.73. The van der Waals surface area contributed by atoms with Crippen LogP contribution < -0.4 is 5.73 Å². The topological polar surface area (TPSA) is 43.8 Å². The molecule has 1 atom stereocenters. The van der Waals surface area contributed by atoms with Crippen molar-refractivity contribution in [2.24, 2.45) is 5.73 Å². The second-order valence-electron chi connectivity index (χ2n) is 3.88. The minimum atomic E-state index is 0.167. The summed E-state index contributed by atoms with van der Waals surface area (Å²) in [6.45, 7) is 1.05. The second-order valence-corrected chi connectivity index (χ2v) is 4.83. The molecule has 2 aromatic heterocycles. The monoisotopic (exact) mass is 219 g/mol. The van der Waals surface area contributed by atoms with Crippen LogP contribution in [0.4, 0.5) is 0 Å². The molecule has 1 aliphatic heterocycles. The number of rotatable bonds is 1. The van der Waals surface area contributed by atoms with Gasteiger partial charge in [-0.25, -0.2) is 4.98 Å². The number of hydrogen-bond acceptors (Lipinski definition) is 3. The Bertz CT molecular complexity index is 458. The number of nitrogens with two attached hydrogens (primary N) is 1. The molecule has 0 amide bonds. The molecule has 4 heteroatoms. The molecule has 0 saturated carbocycles. The molecule has 0 saturated heterocycles. The standard InChI is InChI=1S/C11H13N3S/c12-8-3-1-5-14-9(8)7-13-11(14)10-4-2-6-15-10/h2,4,6-8H,1,3,5,12H2. The van der Waals surface area contributed by atoms with Crippen LogP contribution in [0.2, 0.25) is 0 Å². The third-order valence-electron chi connectivity index (χ3n) is 2.90. The van der Waals surface area contributed by atoms with Gasteiger partial charge in [0.2, 0.25) is 0 Å². The van der Waals surface area contributed by atoms with Crippen molar-refractivity contribution in [1.29, 1.82) is 0 Å². The molecule has 0 bridgehead atoms. The first kappa shape index (κ1) is 9.12. The van der Waals surface area contributed by atoms with Crippen molar-refractivity contribution >= 4 is 11.3 Å². The lowest BCUT2D eigenvalue weighted by Crippen LogP contribution is -2.21. The zero-order chi connectivity index (χ0) is 10.3. The fourth-order valence-electron chi connectivity index (χ4n) is 2.14. The van der Waals surface area contributed by atoms with Gasteiger partial charge >= 0.3 is 0 Å². The fraction of sp³-hybridized carbons (Fsp3) is 0.364. The van der Waals surface area contributed by atoms with E-state index in [1.54, 1.807) is 11.3 Å². The predicted octanol–water partition coefficient (Wildman–Crippen LogP) is 2.41. The maximum Gasteiger partial charge on any atom is 0.150 e. The molecule has 2 aromatic rings. The lowest BCUT2D eigenvalue weighted by molar-refractivity contribution is 0.466. The molecule has 0 aromatic carbocycles. The average Bonchev–Trinajstić information content (AvgIpc) is 2.85. The average molecular weight is 219 g/mol. The minimum absolute atomic E-state index is 0.167. The number of nitrogens with zero attached hydrogens (tertiary/aromatic N) is 2. The minimum Gasteiger partial charge on any atom is -0.326 e. The van der Waals surface area contributed by atoms with E-state index < -0.39 is 0 Å². The van der Waals surface area contributed by atoms with Crippen molar-refractivity contribution < 1.29 is 0 Å². The fourth-order valence-corrected chi connectivity index (χ4v) is 2.87. The molecule has 0 spiro atoms. The molecular weight excluding hydrogens is 206 g/mol. The normalized spacial score (nSPS) is 20.2. The summed E-state index contributed by atoms with van der Waals surface area (Å²) in [5, 5.41) is 2.08. The van der Waals surface area contributed by atoms with Crippen LogP contribution in [-0.2, 0) is 6.54 Å². The molecule has 2 N–H and O–H groups in total. The van der Waals surface area contributed by atoms with Gasteiger partial charge in [0.05, 0.1) is 16.8 Å². The van der Waals surface area contributed by atoms with Crippen LogP contribution in [0.25, 0.3) is 10.7 Å². The van der Waals surface area contributed by atoms with Crippen LogP contribution in [0, 0.1) is 0 Å². The number of aromatic nitrogens is 2. The van der Waals surface area contributed by atoms with Gasteiger partial charge in [0, 0.05) is 12.6 Å². The molecule has 1 aliphatic rings. The maximum absolute atomic E-state index is 6.06. The molecule has 3 nitrogen and oxygen atoms in total. The summed E-state index contributed by atoms with van der Waals surface area (Å²) in [6, 6.07) is 4.34. The highest BCUT2D eigenvalue weighted by Crippen LogP contribution is 2.30. The Morgan fingerprint density at radius 2 is 2.47 bits per heavy atom. The van der Waals surface area contributed by atoms with Crippen molar-refractivity contribution in [3.05, 3.63) is 29.4 Å². The number of imidazole rings is 1. The van der Waals surface area contributed by atoms with Crippen LogP contribution in [0.15, 0.2) is 23.7 Å². The lowest BCUT2D eigenvalue weighted by Gasteiger charge is -2.21. The van der Waals surface area contributed by atoms with Crippen LogP contribution in [-0.4, -0.2) is 9.55 Å². The van der Waals surface area contributed by atoms with Gasteiger partial charge in [0.25, 0.3) is 0 Å². The Balaban J connectivity index is 2.11. The predicted molar refractivity (Wildman–Crippen MR) is 61.7 cm³/mol. The molecule has 1 unspecified atom stereocenters. The van der Waals surface area contributed by atoms with Crippen molar-refractivity contribution in [3.8, 4) is 10.7 Å². The van der Waals surface area contributed by atoms with Crippen LogP contribution >= 0.6 is 11.3 Å². The van der Waals surface area contributed by atoms with Crippen molar-refractivity contribution in [2.75, 3.05) is 0 Å². The molecular formula is C11H13N3S. The highest BCUT2D eigenvalue weighted by Gasteiger charge is 2.20. The zero-order valence-corrected chi connectivity index (χ0v) is 9.20. The third-order valence-corrected chi connectivity index (χ3v) is 3.77. The van der Waals surface area contributed by atoms with Gasteiger partial charge in [-0.15, -0.1) is 11.3 Å². The Morgan fingerprint density at radius 3 is 3.27 bits per heavy atom. The molecule has 0 aliphatic carbocycles. The van der Waals surface area contributed by atoms with Gasteiger partial charge in [-0.1, -0.05) is 6.07 Å². The summed E-state index contributed by atoms with van der Waals surface area (Å²) in [7, 11) is 0. The van der Waals surface area contributed by atoms with Crippen molar-refractivity contribution in [3.63, 3.8) is 0 Å². The summed E-state index contributed by atoms with van der Waals surface area (Å²) in [5.74, 6) is 1.08. The quantitative estimate of drug-likeness (QED) is 0.800. The molecule has 15 heavy (non-hydrogen) atoms. The second kappa shape index (κ2) is 3.47. The summed E-state index contributed by atoms with van der Waals surface area (Å²) in [5.41, 5.74) is 7.24. The molecule has 3 heterocycles. The molecule has 0 radical (unpaired) electrons. The first-order valence-corrected chi connectivity index (χ1v) is 6.09. The van der Waals surface area contributed by atoms with Gasteiger partial charge in [-0.2, -0.15) is 0 Å². The maximum atomic E-state index is 6.06. The van der Waals surface area contributed by atoms with E-state index in [0.717, 1.165) is 25.2 Å². The highest BCUT2D eigenvalue weighted by molar-refractivity contribution is 7.13. The van der Waals surface area contributed by atoms with E-state index in [2.05, 4.69) is 27.1 Å². The van der Waals surface area contributed by atoms with E-state index in [9.17, 15) is 0 Å². The third kappa shape index (κ3) is 1.41. The molecule has 78 valence electrons. The number of fused-ring (bicyclic) bond motifs is 1. The van der Waals surface area contributed by atoms with E-state index in [0.29, 0.717) is 0 Å². The molecule has 0 fully saturated rings. The van der Waals surface area contributed by atoms with E-state index in [1.807, 2.05) is 6.20 Å². The SMILES string of the molecule is NC1CCCn2c1cnc2-c1cccs1. The Hall–Kier alpha value is -1.13. The smallest absolute Gasteiger partial charge is 0.150 e. The Kier molecular flexibility index (Phi) is 2.11. The number of thiophene rings is 1. The van der Waals surface area contributed by atoms with E-state index in [-0.39, 0.29) is 6.04 Å². The van der Waals surface area contributed by atoms with Gasteiger partial charge in [0.15, 0.2) is 0 Å². The Morgan fingerprint density at radius 1 is 1.53 bits per heavy atom. The van der Waals surface area contributed by atoms with Gasteiger partial charge in [-0.3, -0.25) is 0 Å². The van der Waals surface area contributed by atoms with Crippen molar-refractivity contribution in [1.82, 2.24) is 9.55 Å². The van der Waals surface area contributed by atoms with Crippen molar-refractivity contribution in [2.45, 2.75) is 25.4 Å². The Labute approximate surface area is 92.6 Å². The van der Waals surface area contributed by atoms with E-state index in [4.69, 9.17) is 5.73 Å². The van der Waals surface area contributed by atoms with Gasteiger partial charge in [0.1, 0.15) is 5.82 Å². The number of hydrogen-bond donors (Lipinski definition) is 1. The first-order valence-electron chi connectivity index (χ1n) is 5.21. The van der Waals surface area contributed by atoms with E-state index >= 15 is 0 Å². The highest BCUT2D eigenvalue weighted by atomic mass is 32.1. The van der Waals surface area contributed by atoms with Crippen LogP contribution in [0.5, 0.6) is 0 Å². The zero-order valence-electron chi connectivity index (χ0n) is 8.39. The van der Waals surface area contributed by atoms with Gasteiger partial charge < -0.3 is 10.3 Å². The van der Waals surface area contributed by atoms with Gasteiger partial charge in [-0.05, 0) is 24.3 Å². The first-order chi connectivity index (χ1) is 7.36.